The molecule has 0 nitrogen and oxygen atoms in total. The van der Waals surface area contributed by atoms with Gasteiger partial charge in [0.05, 0.1) is 0 Å². The van der Waals surface area contributed by atoms with E-state index < -0.39 is 0 Å². The number of allylic oxidation sites excluding steroid dienone is 2. The Hall–Kier alpha value is -0.960. The molecule has 0 heterocycles. The Kier molecular flexibility index (Phi) is 0.658. The van der Waals surface area contributed by atoms with Gasteiger partial charge < -0.3 is 0 Å². The van der Waals surface area contributed by atoms with Gasteiger partial charge in [0.1, 0.15) is 0 Å². The van der Waals surface area contributed by atoms with Crippen molar-refractivity contribution >= 4 is 0 Å². The normalized spacial score (nSPS) is 25.6. The van der Waals surface area contributed by atoms with E-state index in [1.807, 2.05) is 0 Å². The molecule has 0 aromatic heterocycles. The first-order chi connectivity index (χ1) is 4.90. The van der Waals surface area contributed by atoms with Crippen molar-refractivity contribution in [3.8, 4) is 0 Å². The van der Waals surface area contributed by atoms with E-state index in [0.717, 1.165) is 0 Å². The van der Waals surface area contributed by atoms with Gasteiger partial charge in [0.2, 0.25) is 0 Å². The first kappa shape index (κ1) is 4.79. The molecule has 4 bridgehead atoms. The summed E-state index contributed by atoms with van der Waals surface area (Å²) in [4.78, 5) is 0. The van der Waals surface area contributed by atoms with Crippen LogP contribution in [0.15, 0.2) is 33.8 Å². The quantitative estimate of drug-likeness (QED) is 0.440. The summed E-state index contributed by atoms with van der Waals surface area (Å²) >= 11 is 0. The molecular formula is C10H8. The van der Waals surface area contributed by atoms with Crippen molar-refractivity contribution in [1.82, 2.24) is 0 Å². The Balaban J connectivity index is 2.13. The SMILES string of the molecule is C1=C2CC=1CC1=C=C(C1)C2. The maximum atomic E-state index is 3.39. The minimum absolute atomic E-state index is 1.17. The van der Waals surface area contributed by atoms with Crippen molar-refractivity contribution in [3.05, 3.63) is 33.8 Å². The number of hydrogen-bond donors (Lipinski definition) is 0. The first-order valence-corrected chi connectivity index (χ1v) is 3.83. The fourth-order valence-corrected chi connectivity index (χ4v) is 1.92. The molecule has 1 saturated carbocycles. The minimum atomic E-state index is 1.17. The van der Waals surface area contributed by atoms with Crippen LogP contribution in [-0.2, 0) is 0 Å². The summed E-state index contributed by atoms with van der Waals surface area (Å²) in [6.45, 7) is 0. The summed E-state index contributed by atoms with van der Waals surface area (Å²) in [5.74, 6) is 0. The maximum Gasteiger partial charge on any atom is 0.00510 e. The largest absolute Gasteiger partial charge is 0.121 e. The minimum Gasteiger partial charge on any atom is -0.121 e. The second-order valence-corrected chi connectivity index (χ2v) is 3.37. The highest BCUT2D eigenvalue weighted by atomic mass is 14.3. The topological polar surface area (TPSA) is 0 Å². The standard InChI is InChI=1S/C10H8/c1-7-2-8(1)6-10-3-9(4-10)5-7/h1,3,5-6H2. The van der Waals surface area contributed by atoms with Crippen LogP contribution in [0.2, 0.25) is 0 Å². The molecule has 6 aliphatic carbocycles. The highest BCUT2D eigenvalue weighted by Crippen LogP contribution is 2.39. The molecule has 0 amide bonds. The van der Waals surface area contributed by atoms with Gasteiger partial charge in [-0.05, 0) is 22.3 Å². The zero-order chi connectivity index (χ0) is 6.55. The van der Waals surface area contributed by atoms with E-state index >= 15 is 0 Å². The number of rotatable bonds is 0. The van der Waals surface area contributed by atoms with Gasteiger partial charge in [-0.15, -0.1) is 11.5 Å². The zero-order valence-corrected chi connectivity index (χ0v) is 5.83. The molecule has 0 aromatic carbocycles. The molecule has 10 heavy (non-hydrogen) atoms. The van der Waals surface area contributed by atoms with E-state index in [9.17, 15) is 0 Å². The van der Waals surface area contributed by atoms with Gasteiger partial charge in [-0.1, -0.05) is 0 Å². The van der Waals surface area contributed by atoms with Crippen LogP contribution in [0.4, 0.5) is 0 Å². The average Bonchev–Trinajstić information content (AvgIpc) is 1.46. The van der Waals surface area contributed by atoms with Gasteiger partial charge in [0.15, 0.2) is 0 Å². The van der Waals surface area contributed by atoms with Crippen molar-refractivity contribution in [1.29, 1.82) is 0 Å². The zero-order valence-electron chi connectivity index (χ0n) is 5.83. The van der Waals surface area contributed by atoms with E-state index in [2.05, 4.69) is 11.5 Å². The molecule has 0 atom stereocenters. The second kappa shape index (κ2) is 1.37. The summed E-state index contributed by atoms with van der Waals surface area (Å²) in [6, 6.07) is 0. The highest BCUT2D eigenvalue weighted by Gasteiger charge is 2.22. The van der Waals surface area contributed by atoms with Gasteiger partial charge in [-0.25, -0.2) is 0 Å². The Morgan fingerprint density at radius 1 is 0.600 bits per heavy atom. The molecule has 0 unspecified atom stereocenters. The van der Waals surface area contributed by atoms with Crippen LogP contribution in [-0.4, -0.2) is 0 Å². The fraction of sp³-hybridized carbons (Fsp3) is 0.400. The van der Waals surface area contributed by atoms with E-state index in [1.165, 1.54) is 48.0 Å². The molecule has 0 spiro atoms. The summed E-state index contributed by atoms with van der Waals surface area (Å²) in [5, 5.41) is 0. The molecule has 0 heteroatoms. The summed E-state index contributed by atoms with van der Waals surface area (Å²) < 4.78 is 0. The molecule has 0 N–H and O–H groups in total. The Morgan fingerprint density at radius 3 is 1.00 bits per heavy atom. The molecule has 48 valence electrons. The van der Waals surface area contributed by atoms with Crippen LogP contribution in [0.5, 0.6) is 0 Å². The predicted molar refractivity (Wildman–Crippen MR) is 39.5 cm³/mol. The lowest BCUT2D eigenvalue weighted by Gasteiger charge is -2.25. The third-order valence-electron chi connectivity index (χ3n) is 2.41. The summed E-state index contributed by atoms with van der Waals surface area (Å²) in [5.41, 5.74) is 12.8. The van der Waals surface area contributed by atoms with Crippen LogP contribution in [0, 0.1) is 0 Å². The summed E-state index contributed by atoms with van der Waals surface area (Å²) in [7, 11) is 0. The van der Waals surface area contributed by atoms with Gasteiger partial charge in [0, 0.05) is 25.7 Å². The van der Waals surface area contributed by atoms with Crippen LogP contribution in [0.1, 0.15) is 25.7 Å². The molecule has 0 radical (unpaired) electrons. The second-order valence-electron chi connectivity index (χ2n) is 3.37. The van der Waals surface area contributed by atoms with Crippen LogP contribution in [0.25, 0.3) is 0 Å². The fourth-order valence-electron chi connectivity index (χ4n) is 1.92. The lowest BCUT2D eigenvalue weighted by Crippen LogP contribution is -2.08. The van der Waals surface area contributed by atoms with Crippen molar-refractivity contribution < 1.29 is 0 Å². The van der Waals surface area contributed by atoms with E-state index in [4.69, 9.17) is 0 Å². The van der Waals surface area contributed by atoms with Crippen molar-refractivity contribution in [2.24, 2.45) is 0 Å². The average molecular weight is 128 g/mol. The smallest absolute Gasteiger partial charge is 0.00510 e. The highest BCUT2D eigenvalue weighted by molar-refractivity contribution is 5.42. The lowest BCUT2D eigenvalue weighted by atomic mass is 9.78. The van der Waals surface area contributed by atoms with E-state index in [1.54, 1.807) is 0 Å². The van der Waals surface area contributed by atoms with Crippen molar-refractivity contribution in [2.45, 2.75) is 25.7 Å². The molecular weight excluding hydrogens is 120 g/mol. The van der Waals surface area contributed by atoms with Crippen molar-refractivity contribution in [3.63, 3.8) is 0 Å². The molecule has 0 saturated heterocycles. The lowest BCUT2D eigenvalue weighted by molar-refractivity contribution is 0.800. The molecule has 6 aliphatic rings. The third-order valence-corrected chi connectivity index (χ3v) is 2.41. The Labute approximate surface area is 60.2 Å². The third kappa shape index (κ3) is 0.484. The Bertz CT molecular complexity index is 280. The molecule has 0 aliphatic heterocycles. The molecule has 6 rings (SSSR count). The van der Waals surface area contributed by atoms with E-state index in [-0.39, 0.29) is 0 Å². The summed E-state index contributed by atoms with van der Waals surface area (Å²) in [6.07, 6.45) is 4.84. The maximum absolute atomic E-state index is 3.39. The van der Waals surface area contributed by atoms with Gasteiger partial charge in [0.25, 0.3) is 0 Å². The monoisotopic (exact) mass is 128 g/mol. The van der Waals surface area contributed by atoms with Crippen LogP contribution in [0.3, 0.4) is 0 Å². The van der Waals surface area contributed by atoms with Gasteiger partial charge >= 0.3 is 0 Å². The van der Waals surface area contributed by atoms with Crippen LogP contribution < -0.4 is 0 Å². The van der Waals surface area contributed by atoms with E-state index in [0.29, 0.717) is 0 Å². The van der Waals surface area contributed by atoms with Crippen molar-refractivity contribution in [2.75, 3.05) is 0 Å². The van der Waals surface area contributed by atoms with Crippen LogP contribution >= 0.6 is 0 Å². The molecule has 0 aromatic rings. The molecule has 1 fully saturated rings. The van der Waals surface area contributed by atoms with Gasteiger partial charge in [-0.2, -0.15) is 0 Å². The Morgan fingerprint density at radius 2 is 0.800 bits per heavy atom. The first-order valence-electron chi connectivity index (χ1n) is 3.83. The number of hydrogen-bond acceptors (Lipinski definition) is 0. The predicted octanol–water partition coefficient (Wildman–Crippen LogP) is 2.49. The van der Waals surface area contributed by atoms with Gasteiger partial charge in [-0.3, -0.25) is 0 Å².